The van der Waals surface area contributed by atoms with E-state index >= 15 is 0 Å². The molecule has 0 aliphatic heterocycles. The van der Waals surface area contributed by atoms with Crippen LogP contribution >= 0.6 is 23.2 Å². The molecule has 0 unspecified atom stereocenters. The third-order valence-corrected chi connectivity index (χ3v) is 2.29. The molecule has 0 aromatic heterocycles. The summed E-state index contributed by atoms with van der Waals surface area (Å²) in [5, 5.41) is -0.0381. The number of rotatable bonds is 4. The molecule has 0 atom stereocenters. The Labute approximate surface area is 123 Å². The fourth-order valence-electron chi connectivity index (χ4n) is 1.03. The van der Waals surface area contributed by atoms with Crippen molar-refractivity contribution in [1.29, 1.82) is 0 Å². The summed E-state index contributed by atoms with van der Waals surface area (Å²) in [6.07, 6.45) is -11.1. The minimum Gasteiger partial charge on any atom is -0.260 e. The first-order valence-corrected chi connectivity index (χ1v) is 5.60. The van der Waals surface area contributed by atoms with Crippen LogP contribution < -0.4 is 5.48 Å². The molecule has 0 heterocycles. The van der Waals surface area contributed by atoms with Gasteiger partial charge in [-0.25, -0.2) is 0 Å². The number of hydrogen-bond donors (Lipinski definition) is 1. The Kier molecular flexibility index (Phi) is 5.35. The normalized spacial score (nSPS) is 14.0. The first-order chi connectivity index (χ1) is 9.43. The molecule has 0 bridgehead atoms. The van der Waals surface area contributed by atoms with E-state index in [0.29, 0.717) is 0 Å². The molecular formula is C10H4Cl2F7NO. The quantitative estimate of drug-likeness (QED) is 0.555. The van der Waals surface area contributed by atoms with Crippen LogP contribution in [-0.2, 0) is 4.84 Å². The second kappa shape index (κ2) is 6.29. The molecule has 1 aromatic carbocycles. The van der Waals surface area contributed by atoms with Crippen LogP contribution in [0, 0.1) is 0 Å². The highest BCUT2D eigenvalue weighted by atomic mass is 35.5. The van der Waals surface area contributed by atoms with Gasteiger partial charge < -0.3 is 0 Å². The zero-order valence-corrected chi connectivity index (χ0v) is 11.1. The lowest BCUT2D eigenvalue weighted by Crippen LogP contribution is -2.28. The molecule has 0 amide bonds. The van der Waals surface area contributed by atoms with E-state index in [9.17, 15) is 30.7 Å². The van der Waals surface area contributed by atoms with Crippen LogP contribution in [0.3, 0.4) is 0 Å². The summed E-state index contributed by atoms with van der Waals surface area (Å²) in [6, 6.07) is 3.23. The van der Waals surface area contributed by atoms with Crippen LogP contribution in [0.25, 0.3) is 0 Å². The Bertz CT molecular complexity index is 539. The molecule has 0 saturated heterocycles. The summed E-state index contributed by atoms with van der Waals surface area (Å²) in [6.45, 7) is 0. The zero-order valence-electron chi connectivity index (χ0n) is 9.54. The van der Waals surface area contributed by atoms with Crippen LogP contribution in [0.15, 0.2) is 29.9 Å². The number of alkyl halides is 5. The van der Waals surface area contributed by atoms with E-state index < -0.39 is 23.9 Å². The van der Waals surface area contributed by atoms with E-state index in [1.807, 2.05) is 0 Å². The van der Waals surface area contributed by atoms with Crippen molar-refractivity contribution in [3.05, 3.63) is 39.9 Å². The summed E-state index contributed by atoms with van der Waals surface area (Å²) >= 11 is 11.0. The molecule has 0 spiro atoms. The monoisotopic (exact) mass is 357 g/mol. The number of benzene rings is 1. The minimum atomic E-state index is -5.91. The molecule has 0 saturated carbocycles. The van der Waals surface area contributed by atoms with Gasteiger partial charge in [0.1, 0.15) is 0 Å². The molecule has 118 valence electrons. The molecule has 0 aliphatic carbocycles. The summed E-state index contributed by atoms with van der Waals surface area (Å²) in [5.74, 6) is -7.02. The van der Waals surface area contributed by atoms with Crippen molar-refractivity contribution < 1.29 is 35.6 Å². The molecule has 0 aliphatic rings. The van der Waals surface area contributed by atoms with Crippen LogP contribution in [0.5, 0.6) is 0 Å². The Hall–Kier alpha value is -1.19. The van der Waals surface area contributed by atoms with Gasteiger partial charge in [-0.1, -0.05) is 23.2 Å². The van der Waals surface area contributed by atoms with Gasteiger partial charge in [-0.15, -0.1) is 0 Å². The number of hydrogen-bond acceptors (Lipinski definition) is 2. The standard InChI is InChI=1S/C10H4Cl2F7NO/c11-4-1-5(12)3-6(2-4)20-21-10(18,19)8(14)7(13)9(15,16)17/h1-3,20H. The van der Waals surface area contributed by atoms with E-state index in [4.69, 9.17) is 23.2 Å². The SMILES string of the molecule is FC(=C(F)C(F)(F)ONc1cc(Cl)cc(Cl)c1)C(F)(F)F. The van der Waals surface area contributed by atoms with Crippen LogP contribution in [0.1, 0.15) is 0 Å². The summed E-state index contributed by atoms with van der Waals surface area (Å²) in [5.41, 5.74) is 1.11. The van der Waals surface area contributed by atoms with Crippen molar-refractivity contribution in [1.82, 2.24) is 0 Å². The molecule has 2 nitrogen and oxygen atoms in total. The van der Waals surface area contributed by atoms with Gasteiger partial charge in [0.2, 0.25) is 11.7 Å². The smallest absolute Gasteiger partial charge is 0.260 e. The number of nitrogens with one attached hydrogen (secondary N) is 1. The number of allylic oxidation sites excluding steroid dienone is 1. The van der Waals surface area contributed by atoms with E-state index in [0.717, 1.165) is 12.1 Å². The molecule has 1 N–H and O–H groups in total. The average Bonchev–Trinajstić information content (AvgIpc) is 2.32. The van der Waals surface area contributed by atoms with Gasteiger partial charge in [0.05, 0.1) is 5.69 Å². The van der Waals surface area contributed by atoms with Gasteiger partial charge in [0.25, 0.3) is 0 Å². The Morgan fingerprint density at radius 2 is 1.38 bits per heavy atom. The van der Waals surface area contributed by atoms with E-state index in [-0.39, 0.29) is 15.7 Å². The van der Waals surface area contributed by atoms with Crippen molar-refractivity contribution in [2.45, 2.75) is 12.3 Å². The fraction of sp³-hybridized carbons (Fsp3) is 0.200. The Balaban J connectivity index is 2.90. The Morgan fingerprint density at radius 1 is 0.905 bits per heavy atom. The van der Waals surface area contributed by atoms with Crippen LogP contribution in [-0.4, -0.2) is 12.3 Å². The maximum absolute atomic E-state index is 13.0. The molecule has 21 heavy (non-hydrogen) atoms. The topological polar surface area (TPSA) is 21.3 Å². The maximum atomic E-state index is 13.0. The van der Waals surface area contributed by atoms with Crippen molar-refractivity contribution in [2.24, 2.45) is 0 Å². The molecular weight excluding hydrogens is 354 g/mol. The highest BCUT2D eigenvalue weighted by molar-refractivity contribution is 6.35. The molecule has 1 aromatic rings. The van der Waals surface area contributed by atoms with E-state index in [1.54, 1.807) is 0 Å². The minimum absolute atomic E-state index is 0.0191. The summed E-state index contributed by atoms with van der Waals surface area (Å²) in [4.78, 5) is 3.43. The first-order valence-electron chi connectivity index (χ1n) is 4.84. The number of anilines is 1. The summed E-state index contributed by atoms with van der Waals surface area (Å²) < 4.78 is 86.4. The fourth-order valence-corrected chi connectivity index (χ4v) is 1.56. The van der Waals surface area contributed by atoms with Crippen molar-refractivity contribution in [3.63, 3.8) is 0 Å². The van der Waals surface area contributed by atoms with E-state index in [1.165, 1.54) is 11.5 Å². The van der Waals surface area contributed by atoms with Crippen LogP contribution in [0.4, 0.5) is 36.4 Å². The van der Waals surface area contributed by atoms with Crippen LogP contribution in [0.2, 0.25) is 10.0 Å². The molecule has 0 fully saturated rings. The number of halogens is 9. The second-order valence-corrected chi connectivity index (χ2v) is 4.38. The molecule has 1 rings (SSSR count). The summed E-state index contributed by atoms with van der Waals surface area (Å²) in [7, 11) is 0. The van der Waals surface area contributed by atoms with Crippen molar-refractivity contribution >= 4 is 28.9 Å². The predicted octanol–water partition coefficient (Wildman–Crippen LogP) is 5.64. The predicted molar refractivity (Wildman–Crippen MR) is 61.4 cm³/mol. The lowest BCUT2D eigenvalue weighted by atomic mass is 10.3. The largest absolute Gasteiger partial charge is 0.445 e. The zero-order chi connectivity index (χ0) is 16.4. The highest BCUT2D eigenvalue weighted by Gasteiger charge is 2.49. The first kappa shape index (κ1) is 17.9. The average molecular weight is 358 g/mol. The van der Waals surface area contributed by atoms with Gasteiger partial charge in [-0.3, -0.25) is 5.48 Å². The third-order valence-electron chi connectivity index (χ3n) is 1.86. The molecule has 0 radical (unpaired) electrons. The maximum Gasteiger partial charge on any atom is 0.445 e. The molecule has 11 heteroatoms. The van der Waals surface area contributed by atoms with Gasteiger partial charge in [-0.05, 0) is 18.2 Å². The lowest BCUT2D eigenvalue weighted by molar-refractivity contribution is -0.210. The van der Waals surface area contributed by atoms with Gasteiger partial charge in [-0.2, -0.15) is 35.6 Å². The highest BCUT2D eigenvalue weighted by Crippen LogP contribution is 2.37. The van der Waals surface area contributed by atoms with Crippen molar-refractivity contribution in [2.75, 3.05) is 5.48 Å². The third kappa shape index (κ3) is 4.94. The van der Waals surface area contributed by atoms with E-state index in [2.05, 4.69) is 4.84 Å². The van der Waals surface area contributed by atoms with Crippen molar-refractivity contribution in [3.8, 4) is 0 Å². The second-order valence-electron chi connectivity index (χ2n) is 3.50. The van der Waals surface area contributed by atoms with Gasteiger partial charge >= 0.3 is 12.3 Å². The van der Waals surface area contributed by atoms with Gasteiger partial charge in [0, 0.05) is 10.0 Å². The Morgan fingerprint density at radius 3 is 1.81 bits per heavy atom. The van der Waals surface area contributed by atoms with Gasteiger partial charge in [0.15, 0.2) is 0 Å². The lowest BCUT2D eigenvalue weighted by Gasteiger charge is -2.17.